The van der Waals surface area contributed by atoms with E-state index < -0.39 is 31.3 Å². The maximum Gasteiger partial charge on any atom is 0.303 e. The van der Waals surface area contributed by atoms with E-state index in [1.54, 1.807) is 0 Å². The van der Waals surface area contributed by atoms with E-state index in [1.165, 1.54) is 10.9 Å². The Morgan fingerprint density at radius 1 is 1.28 bits per heavy atom. The van der Waals surface area contributed by atoms with E-state index in [1.807, 2.05) is 0 Å². The molecule has 0 aliphatic carbocycles. The third kappa shape index (κ3) is 3.25. The third-order valence-corrected chi connectivity index (χ3v) is 2.73. The predicted molar refractivity (Wildman–Crippen MR) is 59.8 cm³/mol. The number of hydrogen-bond donors (Lipinski definition) is 4. The highest BCUT2D eigenvalue weighted by Gasteiger charge is 2.31. The van der Waals surface area contributed by atoms with Crippen LogP contribution in [0.3, 0.4) is 0 Å². The summed E-state index contributed by atoms with van der Waals surface area (Å²) in [5, 5.41) is 43.7. The topological polar surface area (TPSA) is 129 Å². The van der Waals surface area contributed by atoms with Crippen LogP contribution in [0.4, 0.5) is 0 Å². The fraction of sp³-hybridized carbons (Fsp3) is 0.700. The molecule has 0 saturated carbocycles. The van der Waals surface area contributed by atoms with E-state index >= 15 is 0 Å². The van der Waals surface area contributed by atoms with E-state index in [0.717, 1.165) is 0 Å². The first kappa shape index (κ1) is 14.6. The average molecular weight is 259 g/mol. The van der Waals surface area contributed by atoms with Crippen LogP contribution in [0.25, 0.3) is 0 Å². The first-order chi connectivity index (χ1) is 8.57. The summed E-state index contributed by atoms with van der Waals surface area (Å²) in [6.45, 7) is -1.42. The number of carboxylic acids is 1. The van der Waals surface area contributed by atoms with Gasteiger partial charge in [-0.05, 0) is 12.8 Å². The Hall–Kier alpha value is -1.51. The summed E-state index contributed by atoms with van der Waals surface area (Å²) >= 11 is 0. The van der Waals surface area contributed by atoms with E-state index in [-0.39, 0.29) is 6.42 Å². The van der Waals surface area contributed by atoms with Gasteiger partial charge in [0.05, 0.1) is 25.5 Å². The molecule has 0 bridgehead atoms. The molecule has 8 heteroatoms. The second-order valence-electron chi connectivity index (χ2n) is 4.10. The number of carboxylic acid groups (broad SMARTS) is 1. The summed E-state index contributed by atoms with van der Waals surface area (Å²) in [6, 6.07) is 0. The Kier molecular flexibility index (Phi) is 5.20. The number of aliphatic hydroxyl groups is 3. The van der Waals surface area contributed by atoms with Crippen molar-refractivity contribution < 1.29 is 25.2 Å². The van der Waals surface area contributed by atoms with Crippen LogP contribution in [0.1, 0.15) is 18.5 Å². The van der Waals surface area contributed by atoms with Crippen LogP contribution in [-0.4, -0.2) is 61.2 Å². The van der Waals surface area contributed by atoms with Gasteiger partial charge in [-0.15, -0.1) is 5.10 Å². The van der Waals surface area contributed by atoms with Crippen LogP contribution >= 0.6 is 0 Å². The number of hydrogen-bond acceptors (Lipinski definition) is 6. The maximum atomic E-state index is 10.4. The molecule has 0 aliphatic rings. The van der Waals surface area contributed by atoms with Crippen molar-refractivity contribution in [1.29, 1.82) is 0 Å². The zero-order chi connectivity index (χ0) is 13.6. The van der Waals surface area contributed by atoms with Crippen LogP contribution in [0, 0.1) is 0 Å². The molecule has 4 N–H and O–H groups in total. The minimum atomic E-state index is -1.28. The highest BCUT2D eigenvalue weighted by atomic mass is 16.4. The average Bonchev–Trinajstić information content (AvgIpc) is 2.81. The van der Waals surface area contributed by atoms with Crippen molar-refractivity contribution in [1.82, 2.24) is 15.0 Å². The van der Waals surface area contributed by atoms with Crippen molar-refractivity contribution in [3.05, 3.63) is 11.9 Å². The molecular formula is C10H17N3O5. The molecule has 0 radical (unpaired) electrons. The number of rotatable bonds is 8. The molecule has 0 aliphatic heterocycles. The zero-order valence-electron chi connectivity index (χ0n) is 9.86. The summed E-state index contributed by atoms with van der Waals surface area (Å²) in [6.07, 6.45) is 2.39. The van der Waals surface area contributed by atoms with Gasteiger partial charge in [0.25, 0.3) is 0 Å². The number of aryl methyl sites for hydroxylation is 1. The fourth-order valence-corrected chi connectivity index (χ4v) is 1.43. The van der Waals surface area contributed by atoms with Crippen molar-refractivity contribution in [3.8, 4) is 0 Å². The minimum Gasteiger partial charge on any atom is -0.481 e. The van der Waals surface area contributed by atoms with Gasteiger partial charge >= 0.3 is 5.97 Å². The van der Waals surface area contributed by atoms with Gasteiger partial charge in [-0.3, -0.25) is 4.79 Å². The first-order valence-corrected chi connectivity index (χ1v) is 5.54. The lowest BCUT2D eigenvalue weighted by Crippen LogP contribution is -2.45. The number of aromatic nitrogens is 3. The van der Waals surface area contributed by atoms with Gasteiger partial charge in [0.1, 0.15) is 5.54 Å². The van der Waals surface area contributed by atoms with Gasteiger partial charge in [-0.25, -0.2) is 4.68 Å². The van der Waals surface area contributed by atoms with E-state index in [2.05, 4.69) is 10.3 Å². The van der Waals surface area contributed by atoms with Gasteiger partial charge in [-0.1, -0.05) is 5.21 Å². The lowest BCUT2D eigenvalue weighted by atomic mass is 10.0. The fourth-order valence-electron chi connectivity index (χ4n) is 1.43. The maximum absolute atomic E-state index is 10.4. The van der Waals surface area contributed by atoms with Crippen molar-refractivity contribution >= 4 is 5.97 Å². The molecule has 0 unspecified atom stereocenters. The summed E-state index contributed by atoms with van der Waals surface area (Å²) in [4.78, 5) is 10.4. The molecule has 0 atom stereocenters. The van der Waals surface area contributed by atoms with E-state index in [9.17, 15) is 20.1 Å². The monoisotopic (exact) mass is 259 g/mol. The molecule has 0 saturated heterocycles. The zero-order valence-corrected chi connectivity index (χ0v) is 9.86. The van der Waals surface area contributed by atoms with Crippen molar-refractivity contribution in [2.75, 3.05) is 19.8 Å². The third-order valence-electron chi connectivity index (χ3n) is 2.73. The number of nitrogens with zero attached hydrogens (tertiary/aromatic N) is 3. The van der Waals surface area contributed by atoms with Crippen LogP contribution in [0.2, 0.25) is 0 Å². The predicted octanol–water partition coefficient (Wildman–Crippen LogP) is -1.64. The molecule has 8 nitrogen and oxygen atoms in total. The molecular weight excluding hydrogens is 242 g/mol. The molecule has 1 aromatic heterocycles. The largest absolute Gasteiger partial charge is 0.481 e. The molecule has 1 rings (SSSR count). The quantitative estimate of drug-likeness (QED) is 0.440. The van der Waals surface area contributed by atoms with Gasteiger partial charge in [0.15, 0.2) is 0 Å². The van der Waals surface area contributed by atoms with Crippen LogP contribution in [0.5, 0.6) is 0 Å². The highest BCUT2D eigenvalue weighted by Crippen LogP contribution is 2.14. The lowest BCUT2D eigenvalue weighted by Gasteiger charge is -2.26. The van der Waals surface area contributed by atoms with Crippen molar-refractivity contribution in [2.24, 2.45) is 0 Å². The number of carbonyl (C=O) groups is 1. The molecule has 0 aromatic carbocycles. The summed E-state index contributed by atoms with van der Waals surface area (Å²) in [7, 11) is 0. The van der Waals surface area contributed by atoms with Gasteiger partial charge in [0.2, 0.25) is 0 Å². The van der Waals surface area contributed by atoms with Gasteiger partial charge in [-0.2, -0.15) is 0 Å². The van der Waals surface area contributed by atoms with Crippen LogP contribution in [-0.2, 0) is 16.8 Å². The van der Waals surface area contributed by atoms with E-state index in [0.29, 0.717) is 18.5 Å². The smallest absolute Gasteiger partial charge is 0.303 e. The molecule has 0 fully saturated rings. The summed E-state index contributed by atoms with van der Waals surface area (Å²) < 4.78 is 1.21. The molecule has 1 aromatic rings. The first-order valence-electron chi connectivity index (χ1n) is 5.54. The Balaban J connectivity index is 2.69. The van der Waals surface area contributed by atoms with Crippen molar-refractivity contribution in [2.45, 2.75) is 24.8 Å². The molecule has 1 heterocycles. The second kappa shape index (κ2) is 6.43. The Bertz CT molecular complexity index is 380. The lowest BCUT2D eigenvalue weighted by molar-refractivity contribution is -0.137. The summed E-state index contributed by atoms with van der Waals surface area (Å²) in [5.74, 6) is -0.877. The molecule has 0 amide bonds. The molecule has 18 heavy (non-hydrogen) atoms. The standard InChI is InChI=1S/C10H17N3O5/c14-5-10(6-15,7-16)13-4-8(11-12-13)2-1-3-9(17)18/h4,14-16H,1-3,5-7H2,(H,17,18). The minimum absolute atomic E-state index is 0.0397. The Labute approximate surface area is 103 Å². The van der Waals surface area contributed by atoms with Crippen LogP contribution in [0.15, 0.2) is 6.20 Å². The Morgan fingerprint density at radius 2 is 1.89 bits per heavy atom. The molecule has 102 valence electrons. The normalized spacial score (nSPS) is 11.7. The Morgan fingerprint density at radius 3 is 2.39 bits per heavy atom. The van der Waals surface area contributed by atoms with E-state index in [4.69, 9.17) is 5.11 Å². The molecule has 0 spiro atoms. The van der Waals surface area contributed by atoms with Crippen LogP contribution < -0.4 is 0 Å². The SMILES string of the molecule is O=C(O)CCCc1cn(C(CO)(CO)CO)nn1. The van der Waals surface area contributed by atoms with Crippen molar-refractivity contribution in [3.63, 3.8) is 0 Å². The summed E-state index contributed by atoms with van der Waals surface area (Å²) in [5.41, 5.74) is -0.728. The highest BCUT2D eigenvalue weighted by molar-refractivity contribution is 5.66. The van der Waals surface area contributed by atoms with Gasteiger partial charge < -0.3 is 20.4 Å². The second-order valence-corrected chi connectivity index (χ2v) is 4.10. The van der Waals surface area contributed by atoms with Gasteiger partial charge in [0, 0.05) is 12.6 Å². The number of aliphatic hydroxyl groups excluding tert-OH is 3. The number of aliphatic carboxylic acids is 1.